The Morgan fingerprint density at radius 2 is 1.81 bits per heavy atom. The molecule has 0 radical (unpaired) electrons. The molecule has 1 fully saturated rings. The van der Waals surface area contributed by atoms with Gasteiger partial charge in [0.2, 0.25) is 0 Å². The Bertz CT molecular complexity index is 1190. The number of aromatic nitrogens is 2. The highest BCUT2D eigenvalue weighted by atomic mass is 35.5. The normalized spacial score (nSPS) is 15.5. The zero-order valence-corrected chi connectivity index (χ0v) is 18.7. The molecule has 2 heterocycles. The molecule has 0 atom stereocenters. The van der Waals surface area contributed by atoms with Crippen LogP contribution in [0, 0.1) is 5.82 Å². The van der Waals surface area contributed by atoms with Gasteiger partial charge in [-0.05, 0) is 43.2 Å². The van der Waals surface area contributed by atoms with Crippen LogP contribution in [0.5, 0.6) is 0 Å². The molecule has 1 aliphatic rings. The topological polar surface area (TPSA) is 70.1 Å². The predicted octanol–water partition coefficient (Wildman–Crippen LogP) is 4.50. The number of carbonyl (C=O) groups is 1. The van der Waals surface area contributed by atoms with Crippen LogP contribution in [0.1, 0.15) is 29.2 Å². The molecule has 4 rings (SSSR count). The van der Waals surface area contributed by atoms with Crippen molar-refractivity contribution in [1.29, 1.82) is 0 Å². The number of likely N-dealkylation sites (tertiary alicyclic amines) is 1. The lowest BCUT2D eigenvalue weighted by molar-refractivity contribution is 0.0944. The van der Waals surface area contributed by atoms with Crippen LogP contribution in [0.15, 0.2) is 35.1 Å². The third-order valence-corrected chi connectivity index (χ3v) is 6.61. The van der Waals surface area contributed by atoms with E-state index in [9.17, 15) is 14.0 Å². The van der Waals surface area contributed by atoms with Gasteiger partial charge >= 0.3 is 5.69 Å². The Balaban J connectivity index is 1.33. The number of carbonyl (C=O) groups excluding carboxylic acids is 1. The van der Waals surface area contributed by atoms with Crippen LogP contribution in [-0.2, 0) is 0 Å². The number of piperidine rings is 1. The van der Waals surface area contributed by atoms with Gasteiger partial charge in [-0.15, -0.1) is 0 Å². The molecule has 2 N–H and O–H groups in total. The van der Waals surface area contributed by atoms with Crippen molar-refractivity contribution >= 4 is 51.7 Å². The summed E-state index contributed by atoms with van der Waals surface area (Å²) in [5.74, 6) is -0.815. The molecule has 10 heteroatoms. The Kier molecular flexibility index (Phi) is 6.57. The van der Waals surface area contributed by atoms with E-state index < -0.39 is 5.82 Å². The Labute approximate surface area is 192 Å². The van der Waals surface area contributed by atoms with E-state index >= 15 is 0 Å². The number of nitrogens with one attached hydrogen (secondary N) is 2. The Hall–Kier alpha value is -2.06. The van der Waals surface area contributed by atoms with Crippen molar-refractivity contribution in [1.82, 2.24) is 19.8 Å². The first kappa shape index (κ1) is 22.1. The number of nitrogens with zero attached hydrogens (tertiary/aromatic N) is 2. The summed E-state index contributed by atoms with van der Waals surface area (Å²) >= 11 is 18.1. The molecule has 1 aliphatic heterocycles. The lowest BCUT2D eigenvalue weighted by Crippen LogP contribution is -2.41. The number of fused-ring (bicyclic) bond motifs is 1. The molecule has 164 valence electrons. The second kappa shape index (κ2) is 9.20. The number of amides is 1. The minimum atomic E-state index is -0.482. The van der Waals surface area contributed by atoms with Gasteiger partial charge in [-0.25, -0.2) is 9.18 Å². The average molecular weight is 486 g/mol. The highest BCUT2D eigenvalue weighted by molar-refractivity contribution is 6.42. The number of rotatable bonds is 5. The standard InChI is InChI=1S/C21H20Cl3FN4O2/c22-15-9-12(25)1-2-14(15)20(30)26-5-8-28-6-3-13(4-7-28)29-19-11-17(24)16(23)10-18(19)27-21(29)31/h1-2,9-11,13H,3-8H2,(H,26,30)(H,27,31). The first-order valence-corrected chi connectivity index (χ1v) is 11.0. The van der Waals surface area contributed by atoms with Crippen LogP contribution in [-0.4, -0.2) is 46.5 Å². The molecule has 0 saturated carbocycles. The van der Waals surface area contributed by atoms with Gasteiger partial charge in [0.15, 0.2) is 0 Å². The second-order valence-corrected chi connectivity index (χ2v) is 8.76. The van der Waals surface area contributed by atoms with Crippen molar-refractivity contribution in [3.63, 3.8) is 0 Å². The van der Waals surface area contributed by atoms with Crippen molar-refractivity contribution in [2.24, 2.45) is 0 Å². The highest BCUT2D eigenvalue weighted by Crippen LogP contribution is 2.30. The van der Waals surface area contributed by atoms with Crippen molar-refractivity contribution in [3.05, 3.63) is 67.3 Å². The van der Waals surface area contributed by atoms with Crippen LogP contribution in [0.2, 0.25) is 15.1 Å². The van der Waals surface area contributed by atoms with Gasteiger partial charge in [0.25, 0.3) is 5.91 Å². The van der Waals surface area contributed by atoms with Crippen molar-refractivity contribution in [3.8, 4) is 0 Å². The van der Waals surface area contributed by atoms with E-state index in [0.717, 1.165) is 37.5 Å². The predicted molar refractivity (Wildman–Crippen MR) is 121 cm³/mol. The summed E-state index contributed by atoms with van der Waals surface area (Å²) < 4.78 is 14.9. The molecule has 0 bridgehead atoms. The Morgan fingerprint density at radius 3 is 2.52 bits per heavy atom. The number of H-pyrrole nitrogens is 1. The molecule has 0 aliphatic carbocycles. The summed E-state index contributed by atoms with van der Waals surface area (Å²) in [7, 11) is 0. The maximum absolute atomic E-state index is 13.1. The van der Waals surface area contributed by atoms with Gasteiger partial charge in [-0.2, -0.15) is 0 Å². The molecule has 1 saturated heterocycles. The van der Waals surface area contributed by atoms with Crippen LogP contribution in [0.25, 0.3) is 11.0 Å². The number of aromatic amines is 1. The molecule has 31 heavy (non-hydrogen) atoms. The lowest BCUT2D eigenvalue weighted by Gasteiger charge is -2.32. The highest BCUT2D eigenvalue weighted by Gasteiger charge is 2.24. The minimum Gasteiger partial charge on any atom is -0.351 e. The summed E-state index contributed by atoms with van der Waals surface area (Å²) in [5, 5.41) is 3.72. The number of halogens is 4. The molecular weight excluding hydrogens is 466 g/mol. The summed E-state index contributed by atoms with van der Waals surface area (Å²) in [4.78, 5) is 29.8. The second-order valence-electron chi connectivity index (χ2n) is 7.54. The van der Waals surface area contributed by atoms with Crippen molar-refractivity contribution < 1.29 is 9.18 Å². The van der Waals surface area contributed by atoms with Crippen LogP contribution < -0.4 is 11.0 Å². The SMILES string of the molecule is O=C(NCCN1CCC(n2c(=O)[nH]c3cc(Cl)c(Cl)cc32)CC1)c1ccc(F)cc1Cl. The van der Waals surface area contributed by atoms with Gasteiger partial charge in [-0.3, -0.25) is 9.36 Å². The number of benzene rings is 2. The number of hydrogen-bond donors (Lipinski definition) is 2. The molecule has 2 aromatic carbocycles. The number of imidazole rings is 1. The van der Waals surface area contributed by atoms with E-state index in [2.05, 4.69) is 15.2 Å². The maximum Gasteiger partial charge on any atom is 0.326 e. The summed E-state index contributed by atoms with van der Waals surface area (Å²) in [5.41, 5.74) is 1.50. The fraction of sp³-hybridized carbons (Fsp3) is 0.333. The van der Waals surface area contributed by atoms with E-state index in [4.69, 9.17) is 34.8 Å². The van der Waals surface area contributed by atoms with Crippen molar-refractivity contribution in [2.45, 2.75) is 18.9 Å². The molecule has 1 amide bonds. The van der Waals surface area contributed by atoms with Crippen LogP contribution in [0.3, 0.4) is 0 Å². The van der Waals surface area contributed by atoms with E-state index in [1.54, 1.807) is 16.7 Å². The largest absolute Gasteiger partial charge is 0.351 e. The quantitative estimate of drug-likeness (QED) is 0.559. The molecular formula is C21H20Cl3FN4O2. The molecule has 6 nitrogen and oxygen atoms in total. The third-order valence-electron chi connectivity index (χ3n) is 5.57. The van der Waals surface area contributed by atoms with Gasteiger partial charge in [0.05, 0.1) is 31.7 Å². The minimum absolute atomic E-state index is 0.0577. The molecule has 1 aromatic heterocycles. The van der Waals surface area contributed by atoms with Gasteiger partial charge in [-0.1, -0.05) is 34.8 Å². The summed E-state index contributed by atoms with van der Waals surface area (Å²) in [6.07, 6.45) is 1.59. The molecule has 0 spiro atoms. The fourth-order valence-electron chi connectivity index (χ4n) is 3.98. The lowest BCUT2D eigenvalue weighted by atomic mass is 10.0. The monoisotopic (exact) mass is 484 g/mol. The summed E-state index contributed by atoms with van der Waals surface area (Å²) in [6, 6.07) is 7.15. The fourth-order valence-corrected chi connectivity index (χ4v) is 4.56. The van der Waals surface area contributed by atoms with Crippen molar-refractivity contribution in [2.75, 3.05) is 26.2 Å². The third kappa shape index (κ3) is 4.75. The molecule has 3 aromatic rings. The van der Waals surface area contributed by atoms with E-state index in [1.165, 1.54) is 12.1 Å². The maximum atomic E-state index is 13.1. The summed E-state index contributed by atoms with van der Waals surface area (Å²) in [6.45, 7) is 2.69. The zero-order valence-electron chi connectivity index (χ0n) is 16.4. The van der Waals surface area contributed by atoms with Gasteiger partial charge in [0.1, 0.15) is 5.82 Å². The van der Waals surface area contributed by atoms with Gasteiger partial charge < -0.3 is 15.2 Å². The van der Waals surface area contributed by atoms with E-state index in [-0.39, 0.29) is 28.2 Å². The van der Waals surface area contributed by atoms with Gasteiger partial charge in [0, 0.05) is 32.2 Å². The van der Waals surface area contributed by atoms with E-state index in [0.29, 0.717) is 28.7 Å². The average Bonchev–Trinajstić information content (AvgIpc) is 3.03. The van der Waals surface area contributed by atoms with Crippen LogP contribution >= 0.6 is 34.8 Å². The Morgan fingerprint density at radius 1 is 1.10 bits per heavy atom. The van der Waals surface area contributed by atoms with Crippen LogP contribution in [0.4, 0.5) is 4.39 Å². The molecule has 0 unspecified atom stereocenters. The van der Waals surface area contributed by atoms with E-state index in [1.807, 2.05) is 0 Å². The smallest absolute Gasteiger partial charge is 0.326 e. The first-order chi connectivity index (χ1) is 14.8. The zero-order chi connectivity index (χ0) is 22.1. The number of hydrogen-bond acceptors (Lipinski definition) is 3. The first-order valence-electron chi connectivity index (χ1n) is 9.88.